The van der Waals surface area contributed by atoms with E-state index in [-0.39, 0.29) is 0 Å². The van der Waals surface area contributed by atoms with E-state index in [0.717, 1.165) is 39.0 Å². The second-order valence-corrected chi connectivity index (χ2v) is 7.35. The van der Waals surface area contributed by atoms with E-state index < -0.39 is 0 Å². The van der Waals surface area contributed by atoms with E-state index in [1.54, 1.807) is 0 Å². The third-order valence-electron chi connectivity index (χ3n) is 4.97. The first-order chi connectivity index (χ1) is 13.9. The molecule has 2 nitrogen and oxygen atoms in total. The van der Waals surface area contributed by atoms with Gasteiger partial charge in [0.05, 0.1) is 0 Å². The van der Waals surface area contributed by atoms with Crippen LogP contribution in [-0.2, 0) is 25.9 Å². The summed E-state index contributed by atoms with van der Waals surface area (Å²) in [7, 11) is 0. The van der Waals surface area contributed by atoms with Crippen LogP contribution in [0.3, 0.4) is 0 Å². The highest BCUT2D eigenvalue weighted by atomic mass is 14.9. The minimum atomic E-state index is 0.941. The molecule has 0 fully saturated rings. The van der Waals surface area contributed by atoms with Gasteiger partial charge in [0.2, 0.25) is 0 Å². The molecule has 0 unspecified atom stereocenters. The van der Waals surface area contributed by atoms with Gasteiger partial charge in [0.15, 0.2) is 0 Å². The smallest absolute Gasteiger partial charge is 0.0205 e. The van der Waals surface area contributed by atoms with Gasteiger partial charge in [-0.3, -0.25) is 0 Å². The average molecular weight is 373 g/mol. The Morgan fingerprint density at radius 1 is 0.464 bits per heavy atom. The van der Waals surface area contributed by atoms with Gasteiger partial charge in [0.1, 0.15) is 0 Å². The summed E-state index contributed by atoms with van der Waals surface area (Å²) < 4.78 is 0. The Morgan fingerprint density at radius 3 is 1.36 bits per heavy atom. The van der Waals surface area contributed by atoms with Crippen molar-refractivity contribution in [1.82, 2.24) is 10.6 Å². The van der Waals surface area contributed by atoms with Crippen molar-refractivity contribution in [2.75, 3.05) is 13.1 Å². The first-order valence-electron chi connectivity index (χ1n) is 10.5. The highest BCUT2D eigenvalue weighted by Crippen LogP contribution is 2.06. The zero-order chi connectivity index (χ0) is 19.3. The molecule has 0 radical (unpaired) electrons. The molecular weight excluding hydrogens is 340 g/mol. The van der Waals surface area contributed by atoms with Crippen molar-refractivity contribution in [2.45, 2.75) is 38.8 Å². The van der Waals surface area contributed by atoms with E-state index in [0.29, 0.717) is 0 Å². The monoisotopic (exact) mass is 372 g/mol. The molecule has 0 bridgehead atoms. The fraction of sp³-hybridized carbons (Fsp3) is 0.308. The van der Waals surface area contributed by atoms with Gasteiger partial charge < -0.3 is 10.6 Å². The van der Waals surface area contributed by atoms with Gasteiger partial charge in [0.25, 0.3) is 0 Å². The molecule has 0 aliphatic rings. The lowest BCUT2D eigenvalue weighted by molar-refractivity contribution is 0.641. The summed E-state index contributed by atoms with van der Waals surface area (Å²) in [5.41, 5.74) is 5.57. The largest absolute Gasteiger partial charge is 0.313 e. The molecule has 3 aromatic rings. The number of aryl methyl sites for hydroxylation is 2. The first kappa shape index (κ1) is 20.3. The summed E-state index contributed by atoms with van der Waals surface area (Å²) in [6, 6.07) is 30.3. The maximum atomic E-state index is 3.57. The Labute approximate surface area is 170 Å². The van der Waals surface area contributed by atoms with Crippen LogP contribution in [0.15, 0.2) is 84.9 Å². The minimum Gasteiger partial charge on any atom is -0.313 e. The zero-order valence-electron chi connectivity index (χ0n) is 16.7. The molecule has 146 valence electrons. The molecule has 0 saturated carbocycles. The fourth-order valence-electron chi connectivity index (χ4n) is 3.44. The number of rotatable bonds is 12. The Kier molecular flexibility index (Phi) is 8.79. The number of nitrogens with one attached hydrogen (secondary N) is 2. The number of hydrogen-bond acceptors (Lipinski definition) is 2. The lowest BCUT2D eigenvalue weighted by atomic mass is 10.1. The molecule has 28 heavy (non-hydrogen) atoms. The second kappa shape index (κ2) is 12.1. The van der Waals surface area contributed by atoms with Crippen molar-refractivity contribution >= 4 is 0 Å². The second-order valence-electron chi connectivity index (χ2n) is 7.35. The summed E-state index contributed by atoms with van der Waals surface area (Å²) in [4.78, 5) is 0. The molecule has 0 spiro atoms. The van der Waals surface area contributed by atoms with E-state index >= 15 is 0 Å². The van der Waals surface area contributed by atoms with Crippen LogP contribution in [0.1, 0.15) is 35.1 Å². The van der Waals surface area contributed by atoms with Crippen molar-refractivity contribution in [3.05, 3.63) is 107 Å². The fourth-order valence-corrected chi connectivity index (χ4v) is 3.44. The quantitative estimate of drug-likeness (QED) is 0.431. The summed E-state index contributed by atoms with van der Waals surface area (Å²) in [5.74, 6) is 0. The third-order valence-corrected chi connectivity index (χ3v) is 4.97. The molecule has 0 aliphatic heterocycles. The first-order valence-corrected chi connectivity index (χ1v) is 10.5. The molecule has 0 aliphatic carbocycles. The zero-order valence-corrected chi connectivity index (χ0v) is 16.7. The Bertz CT molecular complexity index is 719. The van der Waals surface area contributed by atoms with E-state index in [2.05, 4.69) is 95.6 Å². The molecular formula is C26H32N2. The van der Waals surface area contributed by atoms with Gasteiger partial charge in [-0.15, -0.1) is 0 Å². The molecule has 0 aromatic heterocycles. The Balaban J connectivity index is 1.29. The normalized spacial score (nSPS) is 10.9. The van der Waals surface area contributed by atoms with Crippen molar-refractivity contribution in [1.29, 1.82) is 0 Å². The van der Waals surface area contributed by atoms with Crippen molar-refractivity contribution in [2.24, 2.45) is 0 Å². The van der Waals surface area contributed by atoms with Gasteiger partial charge in [-0.2, -0.15) is 0 Å². The van der Waals surface area contributed by atoms with Gasteiger partial charge >= 0.3 is 0 Å². The summed E-state index contributed by atoms with van der Waals surface area (Å²) in [6.07, 6.45) is 4.63. The number of hydrogen-bond donors (Lipinski definition) is 2. The van der Waals surface area contributed by atoms with Gasteiger partial charge in [-0.05, 0) is 61.0 Å². The van der Waals surface area contributed by atoms with Crippen molar-refractivity contribution in [3.8, 4) is 0 Å². The minimum absolute atomic E-state index is 0.941. The van der Waals surface area contributed by atoms with E-state index in [4.69, 9.17) is 0 Å². The van der Waals surface area contributed by atoms with Crippen LogP contribution >= 0.6 is 0 Å². The highest BCUT2D eigenvalue weighted by molar-refractivity contribution is 5.23. The van der Waals surface area contributed by atoms with Crippen LogP contribution in [0.2, 0.25) is 0 Å². The standard InChI is InChI=1S/C26H32N2/c1-3-10-23(11-4-1)16-8-18-27-21-25-14-7-15-26(20-25)22-28-19-9-17-24-12-5-2-6-13-24/h1-7,10-15,20,27-28H,8-9,16-19,21-22H2. The van der Waals surface area contributed by atoms with Crippen LogP contribution in [0, 0.1) is 0 Å². The van der Waals surface area contributed by atoms with E-state index in [9.17, 15) is 0 Å². The molecule has 3 aromatic carbocycles. The Morgan fingerprint density at radius 2 is 0.893 bits per heavy atom. The average Bonchev–Trinajstić information content (AvgIpc) is 2.75. The predicted molar refractivity (Wildman–Crippen MR) is 119 cm³/mol. The molecule has 2 heteroatoms. The van der Waals surface area contributed by atoms with Crippen LogP contribution in [0.25, 0.3) is 0 Å². The van der Waals surface area contributed by atoms with Gasteiger partial charge in [-0.25, -0.2) is 0 Å². The van der Waals surface area contributed by atoms with Crippen molar-refractivity contribution in [3.63, 3.8) is 0 Å². The summed E-state index contributed by atoms with van der Waals surface area (Å²) in [6.45, 7) is 3.99. The molecule has 0 amide bonds. The summed E-state index contributed by atoms with van der Waals surface area (Å²) >= 11 is 0. The maximum Gasteiger partial charge on any atom is 0.0205 e. The lowest BCUT2D eigenvalue weighted by Crippen LogP contribution is -2.17. The molecule has 0 atom stereocenters. The lowest BCUT2D eigenvalue weighted by Gasteiger charge is -2.09. The topological polar surface area (TPSA) is 24.1 Å². The van der Waals surface area contributed by atoms with Crippen molar-refractivity contribution < 1.29 is 0 Å². The van der Waals surface area contributed by atoms with E-state index in [1.165, 1.54) is 35.1 Å². The predicted octanol–water partition coefficient (Wildman–Crippen LogP) is 5.13. The SMILES string of the molecule is c1ccc(CCCNCc2cccc(CNCCCc3ccccc3)c2)cc1. The van der Waals surface area contributed by atoms with Crippen LogP contribution in [0.5, 0.6) is 0 Å². The van der Waals surface area contributed by atoms with Gasteiger partial charge in [0, 0.05) is 13.1 Å². The number of benzene rings is 3. The van der Waals surface area contributed by atoms with Crippen LogP contribution < -0.4 is 10.6 Å². The van der Waals surface area contributed by atoms with Gasteiger partial charge in [-0.1, -0.05) is 84.9 Å². The summed E-state index contributed by atoms with van der Waals surface area (Å²) in [5, 5.41) is 7.15. The van der Waals surface area contributed by atoms with Crippen LogP contribution in [0.4, 0.5) is 0 Å². The van der Waals surface area contributed by atoms with E-state index in [1.807, 2.05) is 0 Å². The Hall–Kier alpha value is -2.42. The molecule has 0 heterocycles. The highest BCUT2D eigenvalue weighted by Gasteiger charge is 1.98. The molecule has 2 N–H and O–H groups in total. The molecule has 3 rings (SSSR count). The van der Waals surface area contributed by atoms with Crippen LogP contribution in [-0.4, -0.2) is 13.1 Å². The maximum absolute atomic E-state index is 3.57. The third kappa shape index (κ3) is 7.67. The molecule has 0 saturated heterocycles.